The van der Waals surface area contributed by atoms with Gasteiger partial charge >= 0.3 is 0 Å². The summed E-state index contributed by atoms with van der Waals surface area (Å²) < 4.78 is 1.79. The minimum absolute atomic E-state index is 0.116. The minimum Gasteiger partial charge on any atom is -0.315 e. The van der Waals surface area contributed by atoms with Gasteiger partial charge in [-0.25, -0.2) is 4.98 Å². The summed E-state index contributed by atoms with van der Waals surface area (Å²) in [6.45, 7) is 5.91. The van der Waals surface area contributed by atoms with Crippen molar-refractivity contribution in [3.8, 4) is 0 Å². The van der Waals surface area contributed by atoms with Crippen LogP contribution in [0.4, 0.5) is 0 Å². The summed E-state index contributed by atoms with van der Waals surface area (Å²) in [7, 11) is 0. The topological polar surface area (TPSA) is 46.9 Å². The molecule has 0 bridgehead atoms. The Morgan fingerprint density at radius 2 is 2.35 bits per heavy atom. The third-order valence-corrected chi connectivity index (χ3v) is 4.66. The highest BCUT2D eigenvalue weighted by Gasteiger charge is 2.20. The van der Waals surface area contributed by atoms with E-state index in [2.05, 4.69) is 10.3 Å². The van der Waals surface area contributed by atoms with Crippen LogP contribution in [0.2, 0.25) is 0 Å². The van der Waals surface area contributed by atoms with Gasteiger partial charge in [-0.1, -0.05) is 0 Å². The van der Waals surface area contributed by atoms with E-state index in [-0.39, 0.29) is 11.6 Å². The van der Waals surface area contributed by atoms with Crippen molar-refractivity contribution < 1.29 is 0 Å². The second kappa shape index (κ2) is 3.92. The third-order valence-electron chi connectivity index (χ3n) is 3.54. The number of aryl methyl sites for hydroxylation is 2. The Bertz CT molecular complexity index is 622. The van der Waals surface area contributed by atoms with E-state index in [0.717, 1.165) is 35.3 Å². The molecule has 2 aromatic rings. The number of hydrogen-bond acceptors (Lipinski definition) is 4. The molecule has 0 radical (unpaired) electrons. The number of nitrogens with zero attached hydrogens (tertiary/aromatic N) is 2. The molecule has 5 heteroatoms. The van der Waals surface area contributed by atoms with Gasteiger partial charge in [-0.3, -0.25) is 9.36 Å². The van der Waals surface area contributed by atoms with Crippen LogP contribution >= 0.6 is 11.3 Å². The highest BCUT2D eigenvalue weighted by Crippen LogP contribution is 2.26. The second-order valence-electron chi connectivity index (χ2n) is 4.57. The highest BCUT2D eigenvalue weighted by atomic mass is 32.1. The molecule has 0 amide bonds. The zero-order valence-electron chi connectivity index (χ0n) is 9.99. The summed E-state index contributed by atoms with van der Waals surface area (Å²) in [5, 5.41) is 4.09. The van der Waals surface area contributed by atoms with E-state index in [9.17, 15) is 4.79 Å². The van der Waals surface area contributed by atoms with E-state index in [1.807, 2.05) is 13.8 Å². The predicted molar refractivity (Wildman–Crippen MR) is 69.9 cm³/mol. The minimum atomic E-state index is 0.116. The van der Waals surface area contributed by atoms with Crippen molar-refractivity contribution >= 4 is 21.6 Å². The van der Waals surface area contributed by atoms with Crippen LogP contribution in [-0.2, 0) is 0 Å². The molecule has 1 N–H and O–H groups in total. The van der Waals surface area contributed by atoms with Gasteiger partial charge in [0, 0.05) is 11.4 Å². The van der Waals surface area contributed by atoms with E-state index in [0.29, 0.717) is 0 Å². The van der Waals surface area contributed by atoms with Crippen molar-refractivity contribution in [2.24, 2.45) is 0 Å². The molecule has 17 heavy (non-hydrogen) atoms. The number of thiophene rings is 1. The molecule has 0 aromatic carbocycles. The summed E-state index contributed by atoms with van der Waals surface area (Å²) in [4.78, 5) is 18.9. The molecule has 1 atom stereocenters. The summed E-state index contributed by atoms with van der Waals surface area (Å²) >= 11 is 1.60. The average Bonchev–Trinajstić information content (AvgIpc) is 2.90. The molecule has 1 aliphatic rings. The van der Waals surface area contributed by atoms with E-state index >= 15 is 0 Å². The van der Waals surface area contributed by atoms with Gasteiger partial charge in [-0.2, -0.15) is 0 Å². The van der Waals surface area contributed by atoms with Gasteiger partial charge in [0.15, 0.2) is 0 Å². The van der Waals surface area contributed by atoms with Crippen LogP contribution in [0.5, 0.6) is 0 Å². The largest absolute Gasteiger partial charge is 0.315 e. The van der Waals surface area contributed by atoms with Gasteiger partial charge in [-0.05, 0) is 32.4 Å². The van der Waals surface area contributed by atoms with Crippen molar-refractivity contribution in [3.05, 3.63) is 27.1 Å². The number of nitrogens with one attached hydrogen (secondary N) is 1. The summed E-state index contributed by atoms with van der Waals surface area (Å²) in [5.41, 5.74) is 1.20. The quantitative estimate of drug-likeness (QED) is 0.835. The molecular weight excluding hydrogens is 234 g/mol. The van der Waals surface area contributed by atoms with E-state index < -0.39 is 0 Å². The lowest BCUT2D eigenvalue weighted by atomic mass is 10.2. The zero-order chi connectivity index (χ0) is 12.0. The van der Waals surface area contributed by atoms with Crippen molar-refractivity contribution in [3.63, 3.8) is 0 Å². The van der Waals surface area contributed by atoms with Crippen LogP contribution in [0.25, 0.3) is 10.2 Å². The number of rotatable bonds is 1. The van der Waals surface area contributed by atoms with Gasteiger partial charge in [0.1, 0.15) is 4.83 Å². The third kappa shape index (κ3) is 1.61. The van der Waals surface area contributed by atoms with Crippen LogP contribution in [0.15, 0.2) is 11.1 Å². The molecule has 0 aliphatic carbocycles. The SMILES string of the molecule is Cc1sc2ncn(C3CCNC3)c(=O)c2c1C. The number of hydrogen-bond donors (Lipinski definition) is 1. The summed E-state index contributed by atoms with van der Waals surface area (Å²) in [5.74, 6) is 0. The van der Waals surface area contributed by atoms with Crippen molar-refractivity contribution in [2.45, 2.75) is 26.3 Å². The predicted octanol–water partition coefficient (Wildman–Crippen LogP) is 1.61. The van der Waals surface area contributed by atoms with Crippen molar-refractivity contribution in [1.29, 1.82) is 0 Å². The highest BCUT2D eigenvalue weighted by molar-refractivity contribution is 7.18. The Balaban J connectivity index is 2.24. The van der Waals surface area contributed by atoms with Gasteiger partial charge in [0.05, 0.1) is 17.8 Å². The fourth-order valence-corrected chi connectivity index (χ4v) is 3.37. The lowest BCUT2D eigenvalue weighted by molar-refractivity contribution is 0.525. The maximum Gasteiger partial charge on any atom is 0.262 e. The maximum absolute atomic E-state index is 12.5. The smallest absolute Gasteiger partial charge is 0.262 e. The van der Waals surface area contributed by atoms with E-state index in [4.69, 9.17) is 0 Å². The van der Waals surface area contributed by atoms with Gasteiger partial charge in [0.2, 0.25) is 0 Å². The lowest BCUT2D eigenvalue weighted by Crippen LogP contribution is -2.26. The molecule has 3 heterocycles. The first kappa shape index (κ1) is 10.9. The lowest BCUT2D eigenvalue weighted by Gasteiger charge is -2.11. The number of aromatic nitrogens is 2. The molecule has 90 valence electrons. The second-order valence-corrected chi connectivity index (χ2v) is 5.77. The van der Waals surface area contributed by atoms with Crippen LogP contribution in [0.3, 0.4) is 0 Å². The Hall–Kier alpha value is -1.20. The Labute approximate surface area is 103 Å². The van der Waals surface area contributed by atoms with Crippen LogP contribution in [0, 0.1) is 13.8 Å². The van der Waals surface area contributed by atoms with E-state index in [1.54, 1.807) is 22.2 Å². The standard InChI is InChI=1S/C12H15N3OS/c1-7-8(2)17-11-10(7)12(16)15(6-14-11)9-3-4-13-5-9/h6,9,13H,3-5H2,1-2H3. The molecule has 1 unspecified atom stereocenters. The van der Waals surface area contributed by atoms with E-state index in [1.165, 1.54) is 4.88 Å². The first-order valence-corrected chi connectivity index (χ1v) is 6.67. The fourth-order valence-electron chi connectivity index (χ4n) is 2.38. The molecule has 0 spiro atoms. The molecule has 2 aromatic heterocycles. The molecule has 1 aliphatic heterocycles. The molecular formula is C12H15N3OS. The fraction of sp³-hybridized carbons (Fsp3) is 0.500. The summed E-state index contributed by atoms with van der Waals surface area (Å²) in [6, 6.07) is 0.263. The zero-order valence-corrected chi connectivity index (χ0v) is 10.8. The normalized spacial score (nSPS) is 20.2. The maximum atomic E-state index is 12.5. The number of fused-ring (bicyclic) bond motifs is 1. The van der Waals surface area contributed by atoms with Crippen molar-refractivity contribution in [1.82, 2.24) is 14.9 Å². The van der Waals surface area contributed by atoms with Crippen LogP contribution in [-0.4, -0.2) is 22.6 Å². The average molecular weight is 249 g/mol. The van der Waals surface area contributed by atoms with Gasteiger partial charge in [0.25, 0.3) is 5.56 Å². The Morgan fingerprint density at radius 1 is 1.53 bits per heavy atom. The molecule has 0 saturated carbocycles. The molecule has 1 fully saturated rings. The first-order valence-electron chi connectivity index (χ1n) is 5.86. The summed E-state index contributed by atoms with van der Waals surface area (Å²) in [6.07, 6.45) is 2.72. The van der Waals surface area contributed by atoms with Crippen LogP contribution in [0.1, 0.15) is 22.9 Å². The van der Waals surface area contributed by atoms with Gasteiger partial charge < -0.3 is 5.32 Å². The Morgan fingerprint density at radius 3 is 3.06 bits per heavy atom. The Kier molecular flexibility index (Phi) is 2.52. The van der Waals surface area contributed by atoms with Gasteiger partial charge in [-0.15, -0.1) is 11.3 Å². The van der Waals surface area contributed by atoms with Crippen LogP contribution < -0.4 is 10.9 Å². The molecule has 1 saturated heterocycles. The monoisotopic (exact) mass is 249 g/mol. The molecule has 4 nitrogen and oxygen atoms in total. The van der Waals surface area contributed by atoms with Crippen molar-refractivity contribution in [2.75, 3.05) is 13.1 Å². The molecule has 3 rings (SSSR count). The first-order chi connectivity index (χ1) is 8.18.